The fraction of sp³-hybridized carbons (Fsp3) is 0.733. The van der Waals surface area contributed by atoms with E-state index in [1.54, 1.807) is 0 Å². The first-order chi connectivity index (χ1) is 9.52. The van der Waals surface area contributed by atoms with Crippen LogP contribution in [-0.4, -0.2) is 21.7 Å². The number of hydrogen-bond acceptors (Lipinski definition) is 4. The van der Waals surface area contributed by atoms with Gasteiger partial charge in [0.05, 0.1) is 5.56 Å². The van der Waals surface area contributed by atoms with Crippen LogP contribution in [0.3, 0.4) is 0 Å². The zero-order chi connectivity index (χ0) is 14.8. The summed E-state index contributed by atoms with van der Waals surface area (Å²) in [6, 6.07) is 0. The molecule has 0 aliphatic heterocycles. The SMILES string of the molecule is CCOC1(c2nc(O)c(CC)c(=O)[nH]2)CCCC(C)C1. The van der Waals surface area contributed by atoms with Gasteiger partial charge < -0.3 is 14.8 Å². The van der Waals surface area contributed by atoms with Crippen molar-refractivity contribution in [2.24, 2.45) is 5.92 Å². The number of hydrogen-bond donors (Lipinski definition) is 2. The smallest absolute Gasteiger partial charge is 0.258 e. The van der Waals surface area contributed by atoms with Crippen LogP contribution in [0.5, 0.6) is 5.88 Å². The van der Waals surface area contributed by atoms with Crippen molar-refractivity contribution in [2.75, 3.05) is 6.61 Å². The molecule has 0 bridgehead atoms. The Kier molecular flexibility index (Phi) is 4.48. The summed E-state index contributed by atoms with van der Waals surface area (Å²) >= 11 is 0. The van der Waals surface area contributed by atoms with E-state index in [0.29, 0.717) is 30.3 Å². The number of H-pyrrole nitrogens is 1. The fourth-order valence-electron chi connectivity index (χ4n) is 3.21. The van der Waals surface area contributed by atoms with Crippen LogP contribution in [0.1, 0.15) is 57.8 Å². The number of nitrogens with one attached hydrogen (secondary N) is 1. The largest absolute Gasteiger partial charge is 0.493 e. The van der Waals surface area contributed by atoms with Crippen molar-refractivity contribution >= 4 is 0 Å². The molecule has 2 atom stereocenters. The van der Waals surface area contributed by atoms with Crippen molar-refractivity contribution in [2.45, 2.75) is 58.5 Å². The number of aromatic amines is 1. The van der Waals surface area contributed by atoms with Crippen LogP contribution in [0.2, 0.25) is 0 Å². The van der Waals surface area contributed by atoms with E-state index in [0.717, 1.165) is 25.7 Å². The van der Waals surface area contributed by atoms with Gasteiger partial charge in [0, 0.05) is 6.61 Å². The van der Waals surface area contributed by atoms with Crippen LogP contribution < -0.4 is 5.56 Å². The molecular weight excluding hydrogens is 256 g/mol. The lowest BCUT2D eigenvalue weighted by Crippen LogP contribution is -2.38. The van der Waals surface area contributed by atoms with Crippen LogP contribution in [-0.2, 0) is 16.8 Å². The topological polar surface area (TPSA) is 75.2 Å². The molecule has 1 saturated carbocycles. The van der Waals surface area contributed by atoms with Crippen LogP contribution in [0.15, 0.2) is 4.79 Å². The van der Waals surface area contributed by atoms with Gasteiger partial charge in [0.15, 0.2) is 0 Å². The lowest BCUT2D eigenvalue weighted by molar-refractivity contribution is -0.0885. The zero-order valence-electron chi connectivity index (χ0n) is 12.5. The number of aromatic hydroxyl groups is 1. The molecule has 0 aromatic carbocycles. The first-order valence-corrected chi connectivity index (χ1v) is 7.49. The quantitative estimate of drug-likeness (QED) is 0.888. The maximum absolute atomic E-state index is 12.1. The van der Waals surface area contributed by atoms with Crippen molar-refractivity contribution in [3.8, 4) is 5.88 Å². The summed E-state index contributed by atoms with van der Waals surface area (Å²) in [5, 5.41) is 9.96. The molecule has 20 heavy (non-hydrogen) atoms. The van der Waals surface area contributed by atoms with Crippen LogP contribution in [0.4, 0.5) is 0 Å². The van der Waals surface area contributed by atoms with Gasteiger partial charge in [0.25, 0.3) is 5.56 Å². The van der Waals surface area contributed by atoms with Crippen molar-refractivity contribution in [1.82, 2.24) is 9.97 Å². The Labute approximate surface area is 119 Å². The Bertz CT molecular complexity index is 522. The van der Waals surface area contributed by atoms with Crippen molar-refractivity contribution in [1.29, 1.82) is 0 Å². The highest BCUT2D eigenvalue weighted by Gasteiger charge is 2.40. The maximum Gasteiger partial charge on any atom is 0.258 e. The molecule has 1 aromatic heterocycles. The average Bonchev–Trinajstić information content (AvgIpc) is 2.38. The summed E-state index contributed by atoms with van der Waals surface area (Å²) in [5.74, 6) is 0.836. The molecule has 0 amide bonds. The number of ether oxygens (including phenoxy) is 1. The van der Waals surface area contributed by atoms with E-state index < -0.39 is 5.60 Å². The third kappa shape index (κ3) is 2.73. The highest BCUT2D eigenvalue weighted by Crippen LogP contribution is 2.41. The summed E-state index contributed by atoms with van der Waals surface area (Å²) < 4.78 is 5.97. The molecule has 2 rings (SSSR count). The minimum Gasteiger partial charge on any atom is -0.493 e. The van der Waals surface area contributed by atoms with Crippen LogP contribution >= 0.6 is 0 Å². The van der Waals surface area contributed by atoms with E-state index in [1.165, 1.54) is 0 Å². The highest BCUT2D eigenvalue weighted by molar-refractivity contribution is 5.24. The molecule has 5 nitrogen and oxygen atoms in total. The van der Waals surface area contributed by atoms with Gasteiger partial charge in [0.1, 0.15) is 11.4 Å². The maximum atomic E-state index is 12.1. The van der Waals surface area contributed by atoms with E-state index in [2.05, 4.69) is 16.9 Å². The molecule has 1 heterocycles. The van der Waals surface area contributed by atoms with E-state index in [-0.39, 0.29) is 11.4 Å². The van der Waals surface area contributed by atoms with E-state index in [4.69, 9.17) is 4.74 Å². The molecule has 1 aliphatic carbocycles. The fourth-order valence-corrected chi connectivity index (χ4v) is 3.21. The Hall–Kier alpha value is -1.36. The molecule has 1 aromatic rings. The molecule has 0 spiro atoms. The predicted molar refractivity (Wildman–Crippen MR) is 76.8 cm³/mol. The molecule has 2 N–H and O–H groups in total. The Morgan fingerprint density at radius 1 is 1.50 bits per heavy atom. The minimum absolute atomic E-state index is 0.163. The van der Waals surface area contributed by atoms with Crippen molar-refractivity contribution in [3.63, 3.8) is 0 Å². The zero-order valence-corrected chi connectivity index (χ0v) is 12.5. The summed E-state index contributed by atoms with van der Waals surface area (Å²) in [5.41, 5.74) is -0.480. The average molecular weight is 280 g/mol. The van der Waals surface area contributed by atoms with Crippen molar-refractivity contribution < 1.29 is 9.84 Å². The lowest BCUT2D eigenvalue weighted by Gasteiger charge is -2.38. The van der Waals surface area contributed by atoms with Gasteiger partial charge in [0.2, 0.25) is 5.88 Å². The Balaban J connectivity index is 2.47. The molecule has 0 radical (unpaired) electrons. The summed E-state index contributed by atoms with van der Waals surface area (Å²) in [4.78, 5) is 19.1. The van der Waals surface area contributed by atoms with Crippen LogP contribution in [0.25, 0.3) is 0 Å². The second-order valence-corrected chi connectivity index (χ2v) is 5.70. The van der Waals surface area contributed by atoms with Gasteiger partial charge in [-0.25, -0.2) is 0 Å². The monoisotopic (exact) mass is 280 g/mol. The molecule has 5 heteroatoms. The van der Waals surface area contributed by atoms with Gasteiger partial charge in [-0.15, -0.1) is 0 Å². The lowest BCUT2D eigenvalue weighted by atomic mass is 9.78. The molecule has 2 unspecified atom stereocenters. The van der Waals surface area contributed by atoms with Gasteiger partial charge >= 0.3 is 0 Å². The van der Waals surface area contributed by atoms with Gasteiger partial charge in [-0.3, -0.25) is 4.79 Å². The van der Waals surface area contributed by atoms with Gasteiger partial charge in [-0.2, -0.15) is 4.98 Å². The second-order valence-electron chi connectivity index (χ2n) is 5.70. The molecular formula is C15H24N2O3. The van der Waals surface area contributed by atoms with Gasteiger partial charge in [-0.05, 0) is 38.5 Å². The Morgan fingerprint density at radius 2 is 2.25 bits per heavy atom. The molecule has 112 valence electrons. The summed E-state index contributed by atoms with van der Waals surface area (Å²) in [7, 11) is 0. The second kappa shape index (κ2) is 5.95. The highest BCUT2D eigenvalue weighted by atomic mass is 16.5. The number of aromatic nitrogens is 2. The predicted octanol–water partition coefficient (Wildman–Crippen LogP) is 2.48. The van der Waals surface area contributed by atoms with E-state index in [1.807, 2.05) is 13.8 Å². The Morgan fingerprint density at radius 3 is 2.80 bits per heavy atom. The summed E-state index contributed by atoms with van der Waals surface area (Å²) in [6.07, 6.45) is 4.33. The molecule has 1 fully saturated rings. The van der Waals surface area contributed by atoms with E-state index in [9.17, 15) is 9.90 Å². The molecule has 1 aliphatic rings. The number of rotatable bonds is 4. The third-order valence-corrected chi connectivity index (χ3v) is 4.16. The minimum atomic E-state index is -0.560. The normalized spacial score (nSPS) is 26.6. The van der Waals surface area contributed by atoms with E-state index >= 15 is 0 Å². The standard InChI is InChI=1S/C15H24N2O3/c1-4-11-12(18)16-14(17-13(11)19)15(20-5-2)8-6-7-10(3)9-15/h10H,4-9H2,1-3H3,(H2,16,17,18,19). The first kappa shape index (κ1) is 15.0. The number of nitrogens with zero attached hydrogens (tertiary/aromatic N) is 1. The summed E-state index contributed by atoms with van der Waals surface area (Å²) in [6.45, 7) is 6.52. The van der Waals surface area contributed by atoms with Gasteiger partial charge in [-0.1, -0.05) is 20.3 Å². The van der Waals surface area contributed by atoms with Crippen LogP contribution in [0, 0.1) is 5.92 Å². The first-order valence-electron chi connectivity index (χ1n) is 7.49. The third-order valence-electron chi connectivity index (χ3n) is 4.16. The molecule has 0 saturated heterocycles. The van der Waals surface area contributed by atoms with Crippen molar-refractivity contribution in [3.05, 3.63) is 21.7 Å².